The Labute approximate surface area is 150 Å². The highest BCUT2D eigenvalue weighted by Gasteiger charge is 2.15. The van der Waals surface area contributed by atoms with Crippen LogP contribution in [0, 0.1) is 0 Å². The highest BCUT2D eigenvalue weighted by Crippen LogP contribution is 2.38. The number of anilines is 1. The van der Waals surface area contributed by atoms with Crippen molar-refractivity contribution in [3.05, 3.63) is 59.8 Å². The molecule has 7 heteroatoms. The number of para-hydroxylation sites is 1. The second-order valence-corrected chi connectivity index (χ2v) is 5.11. The smallest absolute Gasteiger partial charge is 0.337 e. The minimum Gasteiger partial charge on any atom is -0.493 e. The average Bonchev–Trinajstić information content (AvgIpc) is 2.66. The Bertz CT molecular complexity index is 819. The number of aromatic carboxylic acids is 1. The number of benzene rings is 2. The molecule has 0 radical (unpaired) electrons. The number of methoxy groups -OCH3 is 3. The van der Waals surface area contributed by atoms with Gasteiger partial charge in [0.25, 0.3) is 0 Å². The number of carboxylic acid groups (broad SMARTS) is 1. The summed E-state index contributed by atoms with van der Waals surface area (Å²) in [6.07, 6.45) is 2.67. The van der Waals surface area contributed by atoms with Gasteiger partial charge in [-0.1, -0.05) is 12.1 Å². The molecule has 26 heavy (non-hydrogen) atoms. The molecule has 2 aromatic rings. The van der Waals surface area contributed by atoms with Gasteiger partial charge in [0.2, 0.25) is 5.75 Å². The summed E-state index contributed by atoms with van der Waals surface area (Å²) in [5.74, 6) is -0.244. The lowest BCUT2D eigenvalue weighted by Gasteiger charge is -2.13. The third-order valence-electron chi connectivity index (χ3n) is 3.58. The van der Waals surface area contributed by atoms with E-state index in [1.807, 2.05) is 0 Å². The van der Waals surface area contributed by atoms with Gasteiger partial charge in [-0.2, -0.15) is 0 Å². The highest BCUT2D eigenvalue weighted by molar-refractivity contribution is 6.05. The number of nitrogens with one attached hydrogen (secondary N) is 1. The summed E-state index contributed by atoms with van der Waals surface area (Å²) in [6.45, 7) is 0. The number of ether oxygens (including phenoxy) is 3. The summed E-state index contributed by atoms with van der Waals surface area (Å²) in [6, 6.07) is 9.48. The second-order valence-electron chi connectivity index (χ2n) is 5.11. The highest BCUT2D eigenvalue weighted by atomic mass is 16.5. The van der Waals surface area contributed by atoms with E-state index in [0.29, 0.717) is 28.5 Å². The van der Waals surface area contributed by atoms with Crippen molar-refractivity contribution >= 4 is 17.4 Å². The average molecular weight is 357 g/mol. The van der Waals surface area contributed by atoms with Crippen LogP contribution in [-0.4, -0.2) is 38.2 Å². The van der Waals surface area contributed by atoms with Crippen molar-refractivity contribution in [1.29, 1.82) is 0 Å². The number of hydrogen-bond acceptors (Lipinski definition) is 6. The molecule has 2 rings (SSSR count). The van der Waals surface area contributed by atoms with Crippen LogP contribution in [0.1, 0.15) is 20.7 Å². The van der Waals surface area contributed by atoms with Crippen LogP contribution in [0.5, 0.6) is 17.2 Å². The Kier molecular flexibility index (Phi) is 6.21. The Morgan fingerprint density at radius 1 is 1.00 bits per heavy atom. The van der Waals surface area contributed by atoms with E-state index in [2.05, 4.69) is 5.32 Å². The van der Waals surface area contributed by atoms with Crippen LogP contribution < -0.4 is 19.5 Å². The van der Waals surface area contributed by atoms with E-state index in [0.717, 1.165) is 0 Å². The van der Waals surface area contributed by atoms with Crippen molar-refractivity contribution in [2.45, 2.75) is 0 Å². The molecule has 0 amide bonds. The zero-order valence-electron chi connectivity index (χ0n) is 14.6. The molecule has 2 aromatic carbocycles. The van der Waals surface area contributed by atoms with Crippen LogP contribution in [0.15, 0.2) is 48.7 Å². The zero-order chi connectivity index (χ0) is 19.1. The van der Waals surface area contributed by atoms with E-state index in [4.69, 9.17) is 19.3 Å². The maximum atomic E-state index is 12.4. The zero-order valence-corrected chi connectivity index (χ0v) is 14.6. The van der Waals surface area contributed by atoms with E-state index in [1.165, 1.54) is 39.7 Å². The summed E-state index contributed by atoms with van der Waals surface area (Å²) in [5.41, 5.74) is 0.829. The van der Waals surface area contributed by atoms with Gasteiger partial charge in [0.05, 0.1) is 32.6 Å². The topological polar surface area (TPSA) is 94.1 Å². The fourth-order valence-electron chi connectivity index (χ4n) is 2.32. The molecule has 136 valence electrons. The molecule has 0 heterocycles. The van der Waals surface area contributed by atoms with Crippen molar-refractivity contribution in [2.75, 3.05) is 26.6 Å². The predicted octanol–water partition coefficient (Wildman–Crippen LogP) is 3.22. The first-order chi connectivity index (χ1) is 12.5. The molecule has 0 bridgehead atoms. The van der Waals surface area contributed by atoms with Crippen LogP contribution in [-0.2, 0) is 0 Å². The number of carbonyl (C=O) groups is 2. The summed E-state index contributed by atoms with van der Waals surface area (Å²) in [5, 5.41) is 12.0. The number of hydrogen-bond donors (Lipinski definition) is 2. The Balaban J connectivity index is 2.22. The molecular formula is C19H19NO6. The first kappa shape index (κ1) is 18.9. The molecule has 2 N–H and O–H groups in total. The first-order valence-corrected chi connectivity index (χ1v) is 7.61. The lowest BCUT2D eigenvalue weighted by atomic mass is 10.1. The molecule has 0 aliphatic rings. The quantitative estimate of drug-likeness (QED) is 0.553. The summed E-state index contributed by atoms with van der Waals surface area (Å²) >= 11 is 0. The van der Waals surface area contributed by atoms with Crippen molar-refractivity contribution < 1.29 is 28.9 Å². The summed E-state index contributed by atoms with van der Waals surface area (Å²) < 4.78 is 15.7. The number of allylic oxidation sites excluding steroid dienone is 1. The Morgan fingerprint density at radius 2 is 1.62 bits per heavy atom. The van der Waals surface area contributed by atoms with Crippen LogP contribution in [0.3, 0.4) is 0 Å². The van der Waals surface area contributed by atoms with E-state index in [9.17, 15) is 9.59 Å². The predicted molar refractivity (Wildman–Crippen MR) is 96.6 cm³/mol. The van der Waals surface area contributed by atoms with Gasteiger partial charge in [0.15, 0.2) is 17.3 Å². The fraction of sp³-hybridized carbons (Fsp3) is 0.158. The number of carboxylic acids is 1. The van der Waals surface area contributed by atoms with Gasteiger partial charge >= 0.3 is 5.97 Å². The molecule has 0 atom stereocenters. The maximum absolute atomic E-state index is 12.4. The van der Waals surface area contributed by atoms with Gasteiger partial charge in [-0.3, -0.25) is 4.79 Å². The molecule has 0 spiro atoms. The Hall–Kier alpha value is -3.48. The van der Waals surface area contributed by atoms with Crippen LogP contribution in [0.4, 0.5) is 5.69 Å². The van der Waals surface area contributed by atoms with E-state index >= 15 is 0 Å². The van der Waals surface area contributed by atoms with Gasteiger partial charge in [0, 0.05) is 17.8 Å². The molecule has 0 fully saturated rings. The second kappa shape index (κ2) is 8.57. The van der Waals surface area contributed by atoms with Crippen molar-refractivity contribution in [1.82, 2.24) is 0 Å². The normalized spacial score (nSPS) is 10.4. The standard InChI is InChI=1S/C19H19NO6/c1-24-16-10-12(11-17(25-2)18(16)26-3)15(21)8-9-20-14-7-5-4-6-13(14)19(22)23/h4-11,20H,1-3H3,(H,22,23). The van der Waals surface area contributed by atoms with Crippen molar-refractivity contribution in [3.63, 3.8) is 0 Å². The lowest BCUT2D eigenvalue weighted by Crippen LogP contribution is -2.03. The van der Waals surface area contributed by atoms with Gasteiger partial charge in [-0.15, -0.1) is 0 Å². The van der Waals surface area contributed by atoms with Gasteiger partial charge in [-0.25, -0.2) is 4.79 Å². The molecular weight excluding hydrogens is 338 g/mol. The largest absolute Gasteiger partial charge is 0.493 e. The van der Waals surface area contributed by atoms with E-state index in [1.54, 1.807) is 30.3 Å². The first-order valence-electron chi connectivity index (χ1n) is 7.61. The molecule has 0 saturated carbocycles. The molecule has 0 aliphatic heterocycles. The van der Waals surface area contributed by atoms with Gasteiger partial charge in [0.1, 0.15) is 0 Å². The molecule has 0 saturated heterocycles. The fourth-order valence-corrected chi connectivity index (χ4v) is 2.32. The van der Waals surface area contributed by atoms with E-state index in [-0.39, 0.29) is 11.3 Å². The van der Waals surface area contributed by atoms with Crippen molar-refractivity contribution in [2.24, 2.45) is 0 Å². The number of ketones is 1. The van der Waals surface area contributed by atoms with Gasteiger partial charge < -0.3 is 24.6 Å². The van der Waals surface area contributed by atoms with Crippen LogP contribution in [0.2, 0.25) is 0 Å². The Morgan fingerprint density at radius 3 is 2.15 bits per heavy atom. The maximum Gasteiger partial charge on any atom is 0.337 e. The minimum absolute atomic E-state index is 0.109. The SMILES string of the molecule is COc1cc(C(=O)C=CNc2ccccc2C(=O)O)cc(OC)c1OC. The number of rotatable bonds is 8. The molecule has 0 aliphatic carbocycles. The molecule has 7 nitrogen and oxygen atoms in total. The third kappa shape index (κ3) is 4.13. The van der Waals surface area contributed by atoms with E-state index < -0.39 is 5.97 Å². The monoisotopic (exact) mass is 357 g/mol. The third-order valence-corrected chi connectivity index (χ3v) is 3.58. The molecule has 0 unspecified atom stereocenters. The number of carbonyl (C=O) groups excluding carboxylic acids is 1. The summed E-state index contributed by atoms with van der Waals surface area (Å²) in [7, 11) is 4.41. The molecule has 0 aromatic heterocycles. The van der Waals surface area contributed by atoms with Crippen LogP contribution >= 0.6 is 0 Å². The van der Waals surface area contributed by atoms with Crippen molar-refractivity contribution in [3.8, 4) is 17.2 Å². The lowest BCUT2D eigenvalue weighted by molar-refractivity contribution is 0.0697. The van der Waals surface area contributed by atoms with Crippen LogP contribution in [0.25, 0.3) is 0 Å². The minimum atomic E-state index is -1.06. The van der Waals surface area contributed by atoms with Gasteiger partial charge in [-0.05, 0) is 24.3 Å². The summed E-state index contributed by atoms with van der Waals surface area (Å²) in [4.78, 5) is 23.6.